The summed E-state index contributed by atoms with van der Waals surface area (Å²) in [5.41, 5.74) is 0. The van der Waals surface area contributed by atoms with Gasteiger partial charge in [-0.15, -0.1) is 0 Å². The smallest absolute Gasteiger partial charge is 0.237 e. The van der Waals surface area contributed by atoms with Crippen LogP contribution in [0.25, 0.3) is 0 Å². The monoisotopic (exact) mass is 255 g/mol. The highest BCUT2D eigenvalue weighted by molar-refractivity contribution is 7.05. The van der Waals surface area contributed by atoms with E-state index in [1.54, 1.807) is 6.20 Å². The second-order valence-corrected chi connectivity index (χ2v) is 5.13. The molecule has 1 atom stereocenters. The second kappa shape index (κ2) is 7.40. The molecule has 1 rings (SSSR count). The molecule has 0 saturated heterocycles. The van der Waals surface area contributed by atoms with Gasteiger partial charge < -0.3 is 5.32 Å². The molecule has 0 unspecified atom stereocenters. The first kappa shape index (κ1) is 14.1. The van der Waals surface area contributed by atoms with Crippen molar-refractivity contribution in [1.82, 2.24) is 14.6 Å². The van der Waals surface area contributed by atoms with Crippen molar-refractivity contribution in [3.63, 3.8) is 0 Å². The fraction of sp³-hybridized carbons (Fsp3) is 0.667. The van der Waals surface area contributed by atoms with E-state index in [9.17, 15) is 4.79 Å². The van der Waals surface area contributed by atoms with E-state index in [0.717, 1.165) is 25.9 Å². The summed E-state index contributed by atoms with van der Waals surface area (Å²) in [4.78, 5) is 15.0. The molecule has 0 bridgehead atoms. The minimum atomic E-state index is -0.103. The van der Waals surface area contributed by atoms with Crippen molar-refractivity contribution in [1.29, 1.82) is 0 Å². The zero-order chi connectivity index (χ0) is 12.7. The van der Waals surface area contributed by atoms with E-state index in [1.165, 1.54) is 16.4 Å². The van der Waals surface area contributed by atoms with E-state index in [-0.39, 0.29) is 11.9 Å². The summed E-state index contributed by atoms with van der Waals surface area (Å²) in [6.45, 7) is 5.59. The van der Waals surface area contributed by atoms with E-state index in [2.05, 4.69) is 16.6 Å². The minimum absolute atomic E-state index is 0.102. The van der Waals surface area contributed by atoms with Crippen molar-refractivity contribution in [2.75, 3.05) is 13.6 Å². The van der Waals surface area contributed by atoms with Crippen molar-refractivity contribution in [2.45, 2.75) is 39.3 Å². The van der Waals surface area contributed by atoms with Gasteiger partial charge in [0.25, 0.3) is 0 Å². The number of amides is 1. The van der Waals surface area contributed by atoms with Gasteiger partial charge in [0.2, 0.25) is 5.91 Å². The predicted octanol–water partition coefficient (Wildman–Crippen LogP) is 1.88. The third kappa shape index (κ3) is 4.83. The minimum Gasteiger partial charge on any atom is -0.355 e. The Morgan fingerprint density at radius 3 is 3.00 bits per heavy atom. The molecule has 5 heteroatoms. The Balaban J connectivity index is 2.35. The van der Waals surface area contributed by atoms with E-state index in [0.29, 0.717) is 0 Å². The lowest BCUT2D eigenvalue weighted by Crippen LogP contribution is -2.43. The number of unbranched alkanes of at least 4 members (excludes halogenated alkanes) is 1. The largest absolute Gasteiger partial charge is 0.355 e. The van der Waals surface area contributed by atoms with Crippen LogP contribution < -0.4 is 5.32 Å². The van der Waals surface area contributed by atoms with Crippen LogP contribution in [0.3, 0.4) is 0 Å². The molecular formula is C12H21N3OS. The van der Waals surface area contributed by atoms with Crippen LogP contribution in [0.1, 0.15) is 31.6 Å². The van der Waals surface area contributed by atoms with Gasteiger partial charge in [-0.2, -0.15) is 0 Å². The number of nitrogens with one attached hydrogen (secondary N) is 1. The van der Waals surface area contributed by atoms with Gasteiger partial charge >= 0.3 is 0 Å². The lowest BCUT2D eigenvalue weighted by molar-refractivity contribution is -0.125. The molecule has 0 aromatic carbocycles. The van der Waals surface area contributed by atoms with Crippen LogP contribution in [0.5, 0.6) is 0 Å². The molecular weight excluding hydrogens is 234 g/mol. The number of carbonyl (C=O) groups is 1. The summed E-state index contributed by atoms with van der Waals surface area (Å²) in [6, 6.07) is 1.89. The van der Waals surface area contributed by atoms with Crippen LogP contribution in [0.15, 0.2) is 12.3 Å². The molecule has 1 heterocycles. The van der Waals surface area contributed by atoms with Crippen molar-refractivity contribution in [3.05, 3.63) is 17.1 Å². The number of nitrogens with zero attached hydrogens (tertiary/aromatic N) is 2. The molecule has 0 spiro atoms. The van der Waals surface area contributed by atoms with E-state index >= 15 is 0 Å². The van der Waals surface area contributed by atoms with Gasteiger partial charge in [-0.25, -0.2) is 4.37 Å². The van der Waals surface area contributed by atoms with Crippen molar-refractivity contribution in [2.24, 2.45) is 0 Å². The third-order valence-corrected chi connectivity index (χ3v) is 3.49. The van der Waals surface area contributed by atoms with E-state index < -0.39 is 0 Å². The molecule has 17 heavy (non-hydrogen) atoms. The average molecular weight is 255 g/mol. The van der Waals surface area contributed by atoms with Crippen LogP contribution >= 0.6 is 11.5 Å². The maximum absolute atomic E-state index is 11.8. The fourth-order valence-corrected chi connectivity index (χ4v) is 2.08. The number of aromatic nitrogens is 1. The number of rotatable bonds is 7. The Bertz CT molecular complexity index is 327. The number of carbonyl (C=O) groups excluding carboxylic acids is 1. The van der Waals surface area contributed by atoms with Crippen molar-refractivity contribution >= 4 is 17.4 Å². The Morgan fingerprint density at radius 2 is 2.41 bits per heavy atom. The van der Waals surface area contributed by atoms with Gasteiger partial charge in [0, 0.05) is 24.2 Å². The molecule has 0 radical (unpaired) electrons. The molecule has 0 aliphatic carbocycles. The Labute approximate surface area is 107 Å². The molecule has 96 valence electrons. The molecule has 0 fully saturated rings. The Kier molecular flexibility index (Phi) is 6.15. The summed E-state index contributed by atoms with van der Waals surface area (Å²) < 4.78 is 4.05. The molecule has 0 aliphatic rings. The van der Waals surface area contributed by atoms with Gasteiger partial charge in [0.05, 0.1) is 6.04 Å². The van der Waals surface area contributed by atoms with Crippen LogP contribution in [0.4, 0.5) is 0 Å². The van der Waals surface area contributed by atoms with Crippen LogP contribution in [-0.2, 0) is 11.3 Å². The molecule has 1 aromatic heterocycles. The van der Waals surface area contributed by atoms with Crippen LogP contribution in [0, 0.1) is 0 Å². The lowest BCUT2D eigenvalue weighted by atomic mass is 10.2. The SMILES string of the molecule is CCCCNC(=O)[C@H](C)N(C)Cc1ccns1. The zero-order valence-electron chi connectivity index (χ0n) is 10.8. The summed E-state index contributed by atoms with van der Waals surface area (Å²) in [5.74, 6) is 0.102. The maximum atomic E-state index is 11.8. The van der Waals surface area contributed by atoms with Gasteiger partial charge in [0.1, 0.15) is 0 Å². The summed E-state index contributed by atoms with van der Waals surface area (Å²) >= 11 is 1.48. The lowest BCUT2D eigenvalue weighted by Gasteiger charge is -2.23. The van der Waals surface area contributed by atoms with Gasteiger partial charge in [-0.1, -0.05) is 13.3 Å². The van der Waals surface area contributed by atoms with Gasteiger partial charge in [-0.3, -0.25) is 9.69 Å². The first-order chi connectivity index (χ1) is 8.15. The first-order valence-corrected chi connectivity index (χ1v) is 6.80. The molecule has 1 aromatic rings. The number of hydrogen-bond acceptors (Lipinski definition) is 4. The van der Waals surface area contributed by atoms with E-state index in [4.69, 9.17) is 0 Å². The van der Waals surface area contributed by atoms with Crippen molar-refractivity contribution < 1.29 is 4.79 Å². The second-order valence-electron chi connectivity index (χ2n) is 4.21. The highest BCUT2D eigenvalue weighted by Gasteiger charge is 2.17. The van der Waals surface area contributed by atoms with Gasteiger partial charge in [0.15, 0.2) is 0 Å². The van der Waals surface area contributed by atoms with Crippen LogP contribution in [0.2, 0.25) is 0 Å². The Morgan fingerprint density at radius 1 is 1.65 bits per heavy atom. The predicted molar refractivity (Wildman–Crippen MR) is 71.0 cm³/mol. The van der Waals surface area contributed by atoms with Crippen LogP contribution in [-0.4, -0.2) is 34.8 Å². The summed E-state index contributed by atoms with van der Waals surface area (Å²) in [6.07, 6.45) is 3.93. The number of hydrogen-bond donors (Lipinski definition) is 1. The third-order valence-electron chi connectivity index (χ3n) is 2.77. The normalized spacial score (nSPS) is 12.7. The Hall–Kier alpha value is -0.940. The highest BCUT2D eigenvalue weighted by atomic mass is 32.1. The average Bonchev–Trinajstić information content (AvgIpc) is 2.81. The van der Waals surface area contributed by atoms with E-state index in [1.807, 2.05) is 24.9 Å². The zero-order valence-corrected chi connectivity index (χ0v) is 11.6. The molecule has 0 saturated carbocycles. The standard InChI is InChI=1S/C12H21N3OS/c1-4-5-7-13-12(16)10(2)15(3)9-11-6-8-14-17-11/h6,8,10H,4-5,7,9H2,1-3H3,(H,13,16)/t10-/m0/s1. The maximum Gasteiger partial charge on any atom is 0.237 e. The number of likely N-dealkylation sites (N-methyl/N-ethyl adjacent to an activating group) is 1. The van der Waals surface area contributed by atoms with Gasteiger partial charge in [-0.05, 0) is 38.0 Å². The molecule has 1 amide bonds. The molecule has 1 N–H and O–H groups in total. The summed E-state index contributed by atoms with van der Waals surface area (Å²) in [7, 11) is 1.96. The first-order valence-electron chi connectivity index (χ1n) is 6.02. The molecule has 4 nitrogen and oxygen atoms in total. The highest BCUT2D eigenvalue weighted by Crippen LogP contribution is 2.09. The van der Waals surface area contributed by atoms with Crippen molar-refractivity contribution in [3.8, 4) is 0 Å². The fourth-order valence-electron chi connectivity index (χ4n) is 1.44. The topological polar surface area (TPSA) is 45.2 Å². The quantitative estimate of drug-likeness (QED) is 0.757. The molecule has 0 aliphatic heterocycles. The summed E-state index contributed by atoms with van der Waals surface area (Å²) in [5, 5.41) is 2.95.